The zero-order valence-corrected chi connectivity index (χ0v) is 21.1. The van der Waals surface area contributed by atoms with E-state index in [-0.39, 0.29) is 18.1 Å². The van der Waals surface area contributed by atoms with Gasteiger partial charge in [0, 0.05) is 31.7 Å². The Morgan fingerprint density at radius 2 is 1.82 bits per heavy atom. The third-order valence-electron chi connectivity index (χ3n) is 6.38. The Balaban J connectivity index is 1.50. The lowest BCUT2D eigenvalue weighted by Crippen LogP contribution is -2.50. The first-order valence-electron chi connectivity index (χ1n) is 11.9. The van der Waals surface area contributed by atoms with Gasteiger partial charge in [0.2, 0.25) is 5.95 Å². The maximum atomic E-state index is 12.4. The van der Waals surface area contributed by atoms with Crippen LogP contribution in [0.3, 0.4) is 0 Å². The highest BCUT2D eigenvalue weighted by molar-refractivity contribution is 7.98. The van der Waals surface area contributed by atoms with E-state index in [0.29, 0.717) is 12.4 Å². The number of aryl methyl sites for hydroxylation is 1. The van der Waals surface area contributed by atoms with Gasteiger partial charge in [-0.25, -0.2) is 14.6 Å². The average Bonchev–Trinajstić information content (AvgIpc) is 2.81. The topological polar surface area (TPSA) is 108 Å². The molecule has 1 atom stereocenters. The van der Waals surface area contributed by atoms with E-state index in [0.717, 1.165) is 50.1 Å². The van der Waals surface area contributed by atoms with E-state index in [1.54, 1.807) is 11.8 Å². The van der Waals surface area contributed by atoms with Gasteiger partial charge in [0.1, 0.15) is 11.9 Å². The van der Waals surface area contributed by atoms with E-state index in [4.69, 9.17) is 14.7 Å². The molecule has 184 valence electrons. The van der Waals surface area contributed by atoms with E-state index < -0.39 is 12.0 Å². The molecule has 1 heterocycles. The second-order valence-corrected chi connectivity index (χ2v) is 10.1. The summed E-state index contributed by atoms with van der Waals surface area (Å²) >= 11 is 1.63. The third kappa shape index (κ3) is 7.12. The molecule has 10 heteroatoms. The van der Waals surface area contributed by atoms with Crippen molar-refractivity contribution in [2.75, 3.05) is 43.4 Å². The molecule has 1 saturated carbocycles. The maximum absolute atomic E-state index is 12.4. The van der Waals surface area contributed by atoms with Crippen molar-refractivity contribution in [3.8, 4) is 0 Å². The van der Waals surface area contributed by atoms with Gasteiger partial charge in [-0.15, -0.1) is 0 Å². The van der Waals surface area contributed by atoms with Crippen molar-refractivity contribution in [1.29, 1.82) is 0 Å². The number of anilines is 2. The highest BCUT2D eigenvalue weighted by Crippen LogP contribution is 2.29. The smallest absolute Gasteiger partial charge is 0.328 e. The van der Waals surface area contributed by atoms with Crippen molar-refractivity contribution < 1.29 is 14.3 Å². The van der Waals surface area contributed by atoms with Crippen molar-refractivity contribution in [2.24, 2.45) is 0 Å². The van der Waals surface area contributed by atoms with Crippen molar-refractivity contribution in [1.82, 2.24) is 20.6 Å². The quantitative estimate of drug-likeness (QED) is 0.465. The number of amides is 2. The molecule has 2 aliphatic rings. The lowest BCUT2D eigenvalue weighted by Gasteiger charge is -2.31. The summed E-state index contributed by atoms with van der Waals surface area (Å²) in [6.07, 6.45) is 10.6. The number of aromatic nitrogens is 2. The molecule has 9 nitrogen and oxygen atoms in total. The van der Waals surface area contributed by atoms with E-state index in [9.17, 15) is 9.59 Å². The Morgan fingerprint density at radius 1 is 1.12 bits per heavy atom. The van der Waals surface area contributed by atoms with Gasteiger partial charge >= 0.3 is 12.0 Å². The Bertz CT molecular complexity index is 814. The number of thioether (sulfide) groups is 1. The van der Waals surface area contributed by atoms with Gasteiger partial charge in [-0.2, -0.15) is 16.7 Å². The monoisotopic (exact) mass is 478 g/mol. The van der Waals surface area contributed by atoms with Crippen molar-refractivity contribution >= 4 is 35.5 Å². The number of esters is 1. The van der Waals surface area contributed by atoms with E-state index >= 15 is 0 Å². The second kappa shape index (κ2) is 12.3. The summed E-state index contributed by atoms with van der Waals surface area (Å²) < 4.78 is 4.81. The molecule has 0 unspecified atom stereocenters. The molecule has 0 bridgehead atoms. The Hall–Kier alpha value is -2.23. The summed E-state index contributed by atoms with van der Waals surface area (Å²) in [6, 6.07) is -0.556. The standard InChI is InChI=1S/C23H38N6O3S/c1-29(2)20-17-7-5-6-8-18(17)26-22(28-20)24-15-9-11-16(12-10-15)25-23(31)27-19(13-14-33-4)21(30)32-3/h15-16,19H,5-14H2,1-4H3,(H,24,26,28)(H2,25,27,31)/t15-,16+,19-/m0/s1. The Labute approximate surface area is 201 Å². The summed E-state index contributed by atoms with van der Waals surface area (Å²) in [7, 11) is 5.42. The maximum Gasteiger partial charge on any atom is 0.328 e. The summed E-state index contributed by atoms with van der Waals surface area (Å²) in [5.74, 6) is 2.10. The van der Waals surface area contributed by atoms with Gasteiger partial charge in [-0.05, 0) is 69.8 Å². The molecule has 0 spiro atoms. The fourth-order valence-corrected chi connectivity index (χ4v) is 5.06. The molecule has 3 rings (SSSR count). The number of hydrogen-bond donors (Lipinski definition) is 3. The largest absolute Gasteiger partial charge is 0.467 e. The minimum atomic E-state index is -0.618. The molecule has 33 heavy (non-hydrogen) atoms. The van der Waals surface area contributed by atoms with Crippen LogP contribution in [0.1, 0.15) is 56.2 Å². The van der Waals surface area contributed by atoms with Gasteiger partial charge < -0.3 is 25.6 Å². The first-order chi connectivity index (χ1) is 15.9. The number of ether oxygens (including phenoxy) is 1. The molecule has 0 aromatic carbocycles. The molecular weight excluding hydrogens is 440 g/mol. The van der Waals surface area contributed by atoms with E-state index in [2.05, 4.69) is 20.9 Å². The third-order valence-corrected chi connectivity index (χ3v) is 7.03. The average molecular weight is 479 g/mol. The zero-order chi connectivity index (χ0) is 23.8. The van der Waals surface area contributed by atoms with E-state index in [1.165, 1.54) is 31.2 Å². The number of rotatable bonds is 9. The number of carbonyl (C=O) groups excluding carboxylic acids is 2. The normalized spacial score (nSPS) is 20.8. The number of hydrogen-bond acceptors (Lipinski definition) is 8. The van der Waals surface area contributed by atoms with Gasteiger partial charge in [0.05, 0.1) is 12.8 Å². The molecule has 1 aromatic heterocycles. The minimum Gasteiger partial charge on any atom is -0.467 e. The van der Waals surface area contributed by atoms with Crippen LogP contribution < -0.4 is 20.9 Å². The predicted molar refractivity (Wildman–Crippen MR) is 133 cm³/mol. The molecule has 2 amide bonds. The highest BCUT2D eigenvalue weighted by atomic mass is 32.2. The summed E-state index contributed by atoms with van der Waals surface area (Å²) in [4.78, 5) is 36.1. The van der Waals surface area contributed by atoms with Crippen LogP contribution in [0.15, 0.2) is 0 Å². The van der Waals surface area contributed by atoms with Crippen LogP contribution in [0.5, 0.6) is 0 Å². The zero-order valence-electron chi connectivity index (χ0n) is 20.3. The molecular formula is C23H38N6O3S. The lowest BCUT2D eigenvalue weighted by atomic mass is 9.91. The SMILES string of the molecule is COC(=O)[C@H](CCSC)NC(=O)N[C@H]1CC[C@@H](Nc2nc3c(c(N(C)C)n2)CCCC3)CC1. The molecule has 0 aliphatic heterocycles. The number of nitrogens with zero attached hydrogens (tertiary/aromatic N) is 3. The first kappa shape index (κ1) is 25.4. The number of fused-ring (bicyclic) bond motifs is 1. The summed E-state index contributed by atoms with van der Waals surface area (Å²) in [5.41, 5.74) is 2.47. The van der Waals surface area contributed by atoms with Gasteiger partial charge in [-0.1, -0.05) is 0 Å². The fraction of sp³-hybridized carbons (Fsp3) is 0.739. The van der Waals surface area contributed by atoms with Gasteiger partial charge in [0.25, 0.3) is 0 Å². The Morgan fingerprint density at radius 3 is 2.48 bits per heavy atom. The van der Waals surface area contributed by atoms with Crippen LogP contribution in [0, 0.1) is 0 Å². The predicted octanol–water partition coefficient (Wildman–Crippen LogP) is 2.74. The Kier molecular flexibility index (Phi) is 9.46. The van der Waals surface area contributed by atoms with Crippen LogP contribution in [0.4, 0.5) is 16.6 Å². The van der Waals surface area contributed by atoms with Crippen molar-refractivity contribution in [3.05, 3.63) is 11.3 Å². The fourth-order valence-electron chi connectivity index (χ4n) is 4.59. The summed E-state index contributed by atoms with van der Waals surface area (Å²) in [6.45, 7) is 0. The number of urea groups is 1. The van der Waals surface area contributed by atoms with Crippen LogP contribution in [-0.2, 0) is 22.4 Å². The van der Waals surface area contributed by atoms with E-state index in [1.807, 2.05) is 20.4 Å². The molecule has 0 radical (unpaired) electrons. The van der Waals surface area contributed by atoms with Gasteiger partial charge in [-0.3, -0.25) is 0 Å². The van der Waals surface area contributed by atoms with Crippen molar-refractivity contribution in [2.45, 2.75) is 75.9 Å². The van der Waals surface area contributed by atoms with Crippen LogP contribution in [0.25, 0.3) is 0 Å². The minimum absolute atomic E-state index is 0.0867. The summed E-state index contributed by atoms with van der Waals surface area (Å²) in [5, 5.41) is 9.33. The molecule has 0 saturated heterocycles. The van der Waals surface area contributed by atoms with Gasteiger partial charge in [0.15, 0.2) is 0 Å². The number of nitrogens with one attached hydrogen (secondary N) is 3. The lowest BCUT2D eigenvalue weighted by molar-refractivity contribution is -0.142. The molecule has 2 aliphatic carbocycles. The van der Waals surface area contributed by atoms with Crippen LogP contribution >= 0.6 is 11.8 Å². The highest BCUT2D eigenvalue weighted by Gasteiger charge is 2.26. The second-order valence-electron chi connectivity index (χ2n) is 9.07. The molecule has 3 N–H and O–H groups in total. The van der Waals surface area contributed by atoms with Crippen LogP contribution in [-0.4, -0.2) is 73.3 Å². The molecule has 1 fully saturated rings. The molecule has 1 aromatic rings. The number of methoxy groups -OCH3 is 1. The van der Waals surface area contributed by atoms with Crippen LogP contribution in [0.2, 0.25) is 0 Å². The number of carbonyl (C=O) groups is 2. The first-order valence-corrected chi connectivity index (χ1v) is 13.3. The van der Waals surface area contributed by atoms with Crippen molar-refractivity contribution in [3.63, 3.8) is 0 Å².